The normalized spacial score (nSPS) is 29.0. The number of hydrogen-bond acceptors (Lipinski definition) is 0. The molecule has 2 fully saturated rings. The Morgan fingerprint density at radius 2 is 1.12 bits per heavy atom. The van der Waals surface area contributed by atoms with E-state index in [4.69, 9.17) is 0 Å². The lowest BCUT2D eigenvalue weighted by Crippen LogP contribution is -2.46. The Hall–Kier alpha value is -2.60. The summed E-state index contributed by atoms with van der Waals surface area (Å²) in [6.07, 6.45) is 25.0. The van der Waals surface area contributed by atoms with Crippen LogP contribution in [0.2, 0.25) is 0 Å². The molecule has 4 aliphatic carbocycles. The Balaban J connectivity index is 1.53. The van der Waals surface area contributed by atoms with E-state index < -0.39 is 0 Å². The average molecular weight is 559 g/mol. The van der Waals surface area contributed by atoms with E-state index in [0.29, 0.717) is 29.6 Å². The fourth-order valence-corrected chi connectivity index (χ4v) is 9.47. The van der Waals surface area contributed by atoms with E-state index in [-0.39, 0.29) is 16.2 Å². The maximum absolute atomic E-state index is 2.77. The van der Waals surface area contributed by atoms with Crippen LogP contribution in [0.1, 0.15) is 91.2 Å². The van der Waals surface area contributed by atoms with Crippen molar-refractivity contribution in [3.63, 3.8) is 0 Å². The van der Waals surface area contributed by atoms with Crippen molar-refractivity contribution in [2.45, 2.75) is 91.9 Å². The molecular weight excluding hydrogens is 504 g/mol. The molecule has 5 unspecified atom stereocenters. The molecule has 6 rings (SSSR count). The van der Waals surface area contributed by atoms with Gasteiger partial charge >= 0.3 is 0 Å². The van der Waals surface area contributed by atoms with E-state index in [9.17, 15) is 0 Å². The molecule has 0 aromatic heterocycles. The zero-order valence-corrected chi connectivity index (χ0v) is 27.2. The summed E-state index contributed by atoms with van der Waals surface area (Å²) in [5.41, 5.74) is 6.68. The Morgan fingerprint density at radius 3 is 1.62 bits per heavy atom. The predicted molar refractivity (Wildman–Crippen MR) is 180 cm³/mol. The molecular formula is C42H54. The van der Waals surface area contributed by atoms with E-state index >= 15 is 0 Å². The number of hydrogen-bond donors (Lipinski definition) is 0. The third kappa shape index (κ3) is 5.44. The minimum absolute atomic E-state index is 0.165. The summed E-state index contributed by atoms with van der Waals surface area (Å²) in [7, 11) is 0. The molecule has 42 heavy (non-hydrogen) atoms. The number of aryl methyl sites for hydroxylation is 1. The van der Waals surface area contributed by atoms with Crippen molar-refractivity contribution in [2.24, 2.45) is 46.3 Å². The van der Waals surface area contributed by atoms with Gasteiger partial charge in [0.15, 0.2) is 0 Å². The number of fused-ring (bicyclic) bond motifs is 3. The van der Waals surface area contributed by atoms with Gasteiger partial charge < -0.3 is 0 Å². The van der Waals surface area contributed by atoms with Gasteiger partial charge in [0.2, 0.25) is 0 Å². The van der Waals surface area contributed by atoms with Gasteiger partial charge in [0.25, 0.3) is 0 Å². The smallest absolute Gasteiger partial charge is 0.00212 e. The highest BCUT2D eigenvalue weighted by atomic mass is 14.6. The standard InChI is InChI=1S/C42H54/c1-40(2,3)33-23-25-35-36-26-24-34(41(4,5)6)29-38(36)39(37(35)28-33)42(32-21-13-14-22-32,31-19-11-8-12-20-31)27-15-18-30-16-9-7-10-17-30/h7-12,16-17,19-20,23-26,28-29,32,35-39H,13-15,18,21-22,27H2,1-6H3. The van der Waals surface area contributed by atoms with Gasteiger partial charge in [-0.15, -0.1) is 0 Å². The largest absolute Gasteiger partial charge is 0.0799 e. The summed E-state index contributed by atoms with van der Waals surface area (Å²) in [5.74, 6) is 3.64. The Bertz CT molecular complexity index is 1280. The fraction of sp³-hybridized carbons (Fsp3) is 0.524. The first kappa shape index (κ1) is 29.5. The van der Waals surface area contributed by atoms with Gasteiger partial charge in [-0.25, -0.2) is 0 Å². The Labute approximate surface area is 257 Å². The molecule has 0 amide bonds. The zero-order chi connectivity index (χ0) is 29.5. The molecule has 0 heterocycles. The summed E-state index contributed by atoms with van der Waals surface area (Å²) in [6, 6.07) is 23.2. The molecule has 0 bridgehead atoms. The molecule has 5 atom stereocenters. The molecule has 4 aliphatic rings. The molecule has 0 radical (unpaired) electrons. The highest BCUT2D eigenvalue weighted by Gasteiger charge is 2.59. The lowest BCUT2D eigenvalue weighted by molar-refractivity contribution is 0.105. The highest BCUT2D eigenvalue weighted by Crippen LogP contribution is 2.64. The van der Waals surface area contributed by atoms with Crippen LogP contribution in [0.5, 0.6) is 0 Å². The topological polar surface area (TPSA) is 0 Å². The molecule has 0 saturated heterocycles. The third-order valence-electron chi connectivity index (χ3n) is 11.5. The second-order valence-electron chi connectivity index (χ2n) is 16.0. The quantitative estimate of drug-likeness (QED) is 0.317. The van der Waals surface area contributed by atoms with Crippen LogP contribution in [0.3, 0.4) is 0 Å². The first-order valence-corrected chi connectivity index (χ1v) is 17.0. The first-order valence-electron chi connectivity index (χ1n) is 17.0. The molecule has 0 N–H and O–H groups in total. The van der Waals surface area contributed by atoms with Crippen molar-refractivity contribution in [3.05, 3.63) is 119 Å². The van der Waals surface area contributed by atoms with Crippen molar-refractivity contribution < 1.29 is 0 Å². The van der Waals surface area contributed by atoms with Crippen LogP contribution in [0.25, 0.3) is 0 Å². The van der Waals surface area contributed by atoms with Crippen LogP contribution >= 0.6 is 0 Å². The van der Waals surface area contributed by atoms with Gasteiger partial charge in [-0.05, 0) is 101 Å². The summed E-state index contributed by atoms with van der Waals surface area (Å²) >= 11 is 0. The summed E-state index contributed by atoms with van der Waals surface area (Å²) in [6.45, 7) is 14.4. The molecule has 0 spiro atoms. The van der Waals surface area contributed by atoms with Crippen molar-refractivity contribution in [3.8, 4) is 0 Å². The maximum atomic E-state index is 2.77. The SMILES string of the molecule is CC(C)(C)C1=CC2C(C=C1)C1C=CC(C(C)(C)C)=CC1C2C(CCCc1ccccc1)(c1ccccc1)C1CCCC1. The highest BCUT2D eigenvalue weighted by molar-refractivity contribution is 5.42. The van der Waals surface area contributed by atoms with Crippen LogP contribution in [0, 0.1) is 46.3 Å². The van der Waals surface area contributed by atoms with Crippen LogP contribution in [-0.2, 0) is 11.8 Å². The summed E-state index contributed by atoms with van der Waals surface area (Å²) < 4.78 is 0. The molecule has 222 valence electrons. The van der Waals surface area contributed by atoms with E-state index in [1.165, 1.54) is 61.7 Å². The molecule has 0 heteroatoms. The summed E-state index contributed by atoms with van der Waals surface area (Å²) in [5, 5.41) is 0. The van der Waals surface area contributed by atoms with Crippen LogP contribution < -0.4 is 0 Å². The number of allylic oxidation sites excluding steroid dienone is 8. The minimum atomic E-state index is 0.165. The molecule has 0 aliphatic heterocycles. The van der Waals surface area contributed by atoms with Crippen LogP contribution in [-0.4, -0.2) is 0 Å². The van der Waals surface area contributed by atoms with Gasteiger partial charge in [0.1, 0.15) is 0 Å². The molecule has 2 aromatic rings. The zero-order valence-electron chi connectivity index (χ0n) is 27.2. The Morgan fingerprint density at radius 1 is 0.619 bits per heavy atom. The minimum Gasteiger partial charge on any atom is -0.0799 e. The van der Waals surface area contributed by atoms with Gasteiger partial charge in [-0.2, -0.15) is 0 Å². The lowest BCUT2D eigenvalue weighted by atomic mass is 9.53. The van der Waals surface area contributed by atoms with Crippen molar-refractivity contribution >= 4 is 0 Å². The third-order valence-corrected chi connectivity index (χ3v) is 11.5. The van der Waals surface area contributed by atoms with E-state index in [1.807, 2.05) is 0 Å². The van der Waals surface area contributed by atoms with Crippen LogP contribution in [0.4, 0.5) is 0 Å². The van der Waals surface area contributed by atoms with Crippen LogP contribution in [0.15, 0.2) is 108 Å². The van der Waals surface area contributed by atoms with Crippen molar-refractivity contribution in [1.82, 2.24) is 0 Å². The fourth-order valence-electron chi connectivity index (χ4n) is 9.47. The van der Waals surface area contributed by atoms with Gasteiger partial charge in [-0.3, -0.25) is 0 Å². The van der Waals surface area contributed by atoms with Crippen molar-refractivity contribution in [1.29, 1.82) is 0 Å². The van der Waals surface area contributed by atoms with Gasteiger partial charge in [0, 0.05) is 5.41 Å². The van der Waals surface area contributed by atoms with Gasteiger partial charge in [-0.1, -0.05) is 152 Å². The predicted octanol–water partition coefficient (Wildman–Crippen LogP) is 11.3. The molecule has 0 nitrogen and oxygen atoms in total. The van der Waals surface area contributed by atoms with E-state index in [0.717, 1.165) is 5.92 Å². The van der Waals surface area contributed by atoms with E-state index in [2.05, 4.69) is 139 Å². The second-order valence-corrected chi connectivity index (χ2v) is 16.0. The maximum Gasteiger partial charge on any atom is 0.00212 e. The Kier molecular flexibility index (Phi) is 8.06. The van der Waals surface area contributed by atoms with E-state index in [1.54, 1.807) is 5.56 Å². The van der Waals surface area contributed by atoms with Crippen molar-refractivity contribution in [2.75, 3.05) is 0 Å². The first-order chi connectivity index (χ1) is 20.1. The summed E-state index contributed by atoms with van der Waals surface area (Å²) in [4.78, 5) is 0. The van der Waals surface area contributed by atoms with Gasteiger partial charge in [0.05, 0.1) is 0 Å². The number of benzene rings is 2. The lowest BCUT2D eigenvalue weighted by Gasteiger charge is -2.50. The molecule has 2 aromatic carbocycles. The number of rotatable bonds is 7. The second kappa shape index (κ2) is 11.5. The molecule has 2 saturated carbocycles. The monoisotopic (exact) mass is 558 g/mol. The average Bonchev–Trinajstić information content (AvgIpc) is 3.63.